The number of carbonyl (C=O) groups excluding carboxylic acids is 4. The van der Waals surface area contributed by atoms with Gasteiger partial charge in [-0.15, -0.1) is 0 Å². The minimum Gasteiger partial charge on any atom is -0.452 e. The van der Waals surface area contributed by atoms with Crippen LogP contribution in [-0.4, -0.2) is 30.3 Å². The number of imide groups is 1. The Labute approximate surface area is 191 Å². The summed E-state index contributed by atoms with van der Waals surface area (Å²) in [5, 5.41) is 2.74. The van der Waals surface area contributed by atoms with Gasteiger partial charge in [0.1, 0.15) is 0 Å². The van der Waals surface area contributed by atoms with Crippen LogP contribution in [0.4, 0.5) is 11.4 Å². The normalized spacial score (nSPS) is 24.8. The molecule has 2 aliphatic carbocycles. The van der Waals surface area contributed by atoms with Crippen molar-refractivity contribution < 1.29 is 23.9 Å². The Morgan fingerprint density at radius 1 is 1.00 bits per heavy atom. The molecule has 4 atom stereocenters. The number of fused-ring (bicyclic) bond motifs is 5. The summed E-state index contributed by atoms with van der Waals surface area (Å²) in [5.74, 6) is -1.95. The molecular formula is C26H24N2O5. The number of esters is 1. The standard InChI is InChI=1S/C26H24N2O5/c1-14-5-3-8-20(15(14)2)27-21(29)13-33-26(32)18-6-4-7-19(12-18)28-24(30)22-16-9-10-17(11-16)23(22)25(28)31/h3-10,12,16-17,22-23H,11,13H2,1-2H3,(H,27,29)/t16-,17-,22-,23-/m0/s1. The van der Waals surface area contributed by atoms with Crippen molar-refractivity contribution in [3.8, 4) is 0 Å². The van der Waals surface area contributed by atoms with E-state index in [1.54, 1.807) is 18.2 Å². The SMILES string of the molecule is Cc1cccc(NC(=O)COC(=O)c2cccc(N3C(=O)[C@@H]4[C@@H](C3=O)[C@H]3C=C[C@H]4C3)c2)c1C. The lowest BCUT2D eigenvalue weighted by Crippen LogP contribution is -2.33. The zero-order chi connectivity index (χ0) is 23.3. The molecule has 2 aromatic carbocycles. The maximum Gasteiger partial charge on any atom is 0.338 e. The average molecular weight is 444 g/mol. The summed E-state index contributed by atoms with van der Waals surface area (Å²) in [4.78, 5) is 52.0. The number of carbonyl (C=O) groups is 4. The van der Waals surface area contributed by atoms with Crippen molar-refractivity contribution in [3.05, 3.63) is 71.3 Å². The van der Waals surface area contributed by atoms with Gasteiger partial charge >= 0.3 is 5.97 Å². The van der Waals surface area contributed by atoms with Crippen molar-refractivity contribution in [2.24, 2.45) is 23.7 Å². The summed E-state index contributed by atoms with van der Waals surface area (Å²) < 4.78 is 5.17. The van der Waals surface area contributed by atoms with Gasteiger partial charge in [0.25, 0.3) is 5.91 Å². The minimum absolute atomic E-state index is 0.116. The number of rotatable bonds is 5. The summed E-state index contributed by atoms with van der Waals surface area (Å²) in [6.07, 6.45) is 4.94. The molecule has 1 saturated heterocycles. The number of allylic oxidation sites excluding steroid dienone is 2. The average Bonchev–Trinajstić information content (AvgIpc) is 3.49. The highest BCUT2D eigenvalue weighted by Gasteiger charge is 2.59. The van der Waals surface area contributed by atoms with Crippen molar-refractivity contribution in [1.82, 2.24) is 0 Å². The molecule has 0 aromatic heterocycles. The van der Waals surface area contributed by atoms with Crippen molar-refractivity contribution in [1.29, 1.82) is 0 Å². The molecular weight excluding hydrogens is 420 g/mol. The van der Waals surface area contributed by atoms with Crippen molar-refractivity contribution in [2.45, 2.75) is 20.3 Å². The number of anilines is 2. The van der Waals surface area contributed by atoms with Crippen LogP contribution < -0.4 is 10.2 Å². The second-order valence-corrected chi connectivity index (χ2v) is 8.93. The lowest BCUT2D eigenvalue weighted by molar-refractivity contribution is -0.123. The van der Waals surface area contributed by atoms with Gasteiger partial charge in [0.05, 0.1) is 23.1 Å². The van der Waals surface area contributed by atoms with Crippen LogP contribution in [0.15, 0.2) is 54.6 Å². The molecule has 3 aliphatic rings. The molecule has 2 bridgehead atoms. The lowest BCUT2D eigenvalue weighted by Gasteiger charge is -2.18. The molecule has 1 aliphatic heterocycles. The van der Waals surface area contributed by atoms with E-state index in [4.69, 9.17) is 4.74 Å². The Kier molecular flexibility index (Phi) is 5.12. The molecule has 5 rings (SSSR count). The predicted molar refractivity (Wildman–Crippen MR) is 121 cm³/mol. The lowest BCUT2D eigenvalue weighted by atomic mass is 9.85. The quantitative estimate of drug-likeness (QED) is 0.433. The van der Waals surface area contributed by atoms with E-state index in [-0.39, 0.29) is 41.0 Å². The zero-order valence-corrected chi connectivity index (χ0v) is 18.4. The fourth-order valence-corrected chi connectivity index (χ4v) is 5.22. The van der Waals surface area contributed by atoms with Gasteiger partial charge in [-0.05, 0) is 67.5 Å². The highest BCUT2D eigenvalue weighted by atomic mass is 16.5. The molecule has 0 unspecified atom stereocenters. The first-order valence-electron chi connectivity index (χ1n) is 11.0. The van der Waals surface area contributed by atoms with E-state index in [2.05, 4.69) is 5.32 Å². The summed E-state index contributed by atoms with van der Waals surface area (Å²) in [5.41, 5.74) is 3.18. The summed E-state index contributed by atoms with van der Waals surface area (Å²) >= 11 is 0. The van der Waals surface area contributed by atoms with Gasteiger partial charge in [-0.1, -0.05) is 30.4 Å². The number of amides is 3. The molecule has 1 N–H and O–H groups in total. The van der Waals surface area contributed by atoms with Crippen LogP contribution in [0, 0.1) is 37.5 Å². The Morgan fingerprint density at radius 2 is 1.67 bits per heavy atom. The Hall–Kier alpha value is -3.74. The third-order valence-corrected chi connectivity index (χ3v) is 7.02. The molecule has 1 heterocycles. The van der Waals surface area contributed by atoms with E-state index in [0.717, 1.165) is 17.5 Å². The number of ether oxygens (including phenoxy) is 1. The minimum atomic E-state index is -0.700. The largest absolute Gasteiger partial charge is 0.452 e. The second-order valence-electron chi connectivity index (χ2n) is 8.93. The predicted octanol–water partition coefficient (Wildman–Crippen LogP) is 3.41. The maximum atomic E-state index is 13.0. The molecule has 0 spiro atoms. The van der Waals surface area contributed by atoms with E-state index in [9.17, 15) is 19.2 Å². The number of aryl methyl sites for hydroxylation is 1. The Morgan fingerprint density at radius 3 is 2.36 bits per heavy atom. The van der Waals surface area contributed by atoms with E-state index in [1.807, 2.05) is 38.1 Å². The number of nitrogens with zero attached hydrogens (tertiary/aromatic N) is 1. The molecule has 1 saturated carbocycles. The van der Waals surface area contributed by atoms with E-state index < -0.39 is 18.5 Å². The van der Waals surface area contributed by atoms with Crippen molar-refractivity contribution in [2.75, 3.05) is 16.8 Å². The van der Waals surface area contributed by atoms with Crippen molar-refractivity contribution >= 4 is 35.1 Å². The number of hydrogen-bond donors (Lipinski definition) is 1. The van der Waals surface area contributed by atoms with E-state index in [1.165, 1.54) is 17.0 Å². The van der Waals surface area contributed by atoms with Gasteiger partial charge in [-0.2, -0.15) is 0 Å². The van der Waals surface area contributed by atoms with Gasteiger partial charge < -0.3 is 10.1 Å². The third-order valence-electron chi connectivity index (χ3n) is 7.02. The maximum absolute atomic E-state index is 13.0. The fraction of sp³-hybridized carbons (Fsp3) is 0.308. The third kappa shape index (κ3) is 3.53. The second kappa shape index (κ2) is 7.99. The highest BCUT2D eigenvalue weighted by Crippen LogP contribution is 2.53. The topological polar surface area (TPSA) is 92.8 Å². The molecule has 7 heteroatoms. The molecule has 0 radical (unpaired) electrons. The monoisotopic (exact) mass is 444 g/mol. The van der Waals surface area contributed by atoms with Gasteiger partial charge in [0.2, 0.25) is 11.8 Å². The Balaban J connectivity index is 1.25. The summed E-state index contributed by atoms with van der Waals surface area (Å²) in [7, 11) is 0. The number of nitrogens with one attached hydrogen (secondary N) is 1. The summed E-state index contributed by atoms with van der Waals surface area (Å²) in [6.45, 7) is 3.40. The number of benzene rings is 2. The van der Waals surface area contributed by atoms with Crippen LogP contribution >= 0.6 is 0 Å². The van der Waals surface area contributed by atoms with Crippen LogP contribution in [0.5, 0.6) is 0 Å². The summed E-state index contributed by atoms with van der Waals surface area (Å²) in [6, 6.07) is 11.8. The van der Waals surface area contributed by atoms with Gasteiger partial charge in [-0.25, -0.2) is 9.69 Å². The molecule has 7 nitrogen and oxygen atoms in total. The smallest absolute Gasteiger partial charge is 0.338 e. The fourth-order valence-electron chi connectivity index (χ4n) is 5.22. The van der Waals surface area contributed by atoms with Gasteiger partial charge in [0, 0.05) is 5.69 Å². The molecule has 2 fully saturated rings. The van der Waals surface area contributed by atoms with Crippen LogP contribution in [0.25, 0.3) is 0 Å². The van der Waals surface area contributed by atoms with Gasteiger partial charge in [-0.3, -0.25) is 14.4 Å². The first-order valence-corrected chi connectivity index (χ1v) is 11.0. The first kappa shape index (κ1) is 21.1. The molecule has 168 valence electrons. The van der Waals surface area contributed by atoms with Crippen LogP contribution in [0.1, 0.15) is 27.9 Å². The molecule has 2 aromatic rings. The van der Waals surface area contributed by atoms with E-state index >= 15 is 0 Å². The Bertz CT molecular complexity index is 1190. The first-order chi connectivity index (χ1) is 15.8. The van der Waals surface area contributed by atoms with Crippen LogP contribution in [0.2, 0.25) is 0 Å². The van der Waals surface area contributed by atoms with Crippen LogP contribution in [-0.2, 0) is 19.1 Å². The zero-order valence-electron chi connectivity index (χ0n) is 18.4. The van der Waals surface area contributed by atoms with Crippen molar-refractivity contribution in [3.63, 3.8) is 0 Å². The molecule has 3 amide bonds. The molecule has 33 heavy (non-hydrogen) atoms. The van der Waals surface area contributed by atoms with Gasteiger partial charge in [0.15, 0.2) is 6.61 Å². The number of hydrogen-bond acceptors (Lipinski definition) is 5. The highest BCUT2D eigenvalue weighted by molar-refractivity contribution is 6.23. The van der Waals surface area contributed by atoms with Crippen LogP contribution in [0.3, 0.4) is 0 Å². The van der Waals surface area contributed by atoms with E-state index in [0.29, 0.717) is 11.4 Å².